The Hall–Kier alpha value is -1.48. The van der Waals surface area contributed by atoms with Gasteiger partial charge < -0.3 is 5.73 Å². The fourth-order valence-electron chi connectivity index (χ4n) is 1.64. The summed E-state index contributed by atoms with van der Waals surface area (Å²) in [5.74, 6) is -0.247. The third-order valence-corrected chi connectivity index (χ3v) is 4.49. The second-order valence-corrected chi connectivity index (χ2v) is 5.35. The number of hydrogen-bond acceptors (Lipinski definition) is 1. The number of allylic oxidation sites excluding steroid dienone is 2. The molecule has 1 aliphatic rings. The van der Waals surface area contributed by atoms with Crippen molar-refractivity contribution in [3.63, 3.8) is 0 Å². The van der Waals surface area contributed by atoms with Crippen molar-refractivity contribution in [2.45, 2.75) is 5.25 Å². The molecule has 0 radical (unpaired) electrons. The minimum atomic E-state index is -0.560. The predicted octanol–water partition coefficient (Wildman–Crippen LogP) is 2.26. The van der Waals surface area contributed by atoms with E-state index >= 15 is 0 Å². The van der Waals surface area contributed by atoms with Crippen molar-refractivity contribution in [2.75, 3.05) is 0 Å². The monoisotopic (exact) mass is 219 g/mol. The van der Waals surface area contributed by atoms with Crippen LogP contribution in [0.15, 0.2) is 53.3 Å². The van der Waals surface area contributed by atoms with Gasteiger partial charge in [0.15, 0.2) is 0 Å². The largest absolute Gasteiger partial charge is 0.368 e. The molecule has 1 amide bonds. The molecule has 15 heavy (non-hydrogen) atoms. The van der Waals surface area contributed by atoms with Crippen LogP contribution in [0, 0.1) is 0 Å². The second-order valence-electron chi connectivity index (χ2n) is 3.35. The quantitative estimate of drug-likeness (QED) is 0.752. The van der Waals surface area contributed by atoms with E-state index in [4.69, 9.17) is 5.73 Å². The Labute approximate surface area is 91.8 Å². The molecule has 1 aliphatic heterocycles. The van der Waals surface area contributed by atoms with Gasteiger partial charge in [-0.2, -0.15) is 10.9 Å². The van der Waals surface area contributed by atoms with E-state index in [1.807, 2.05) is 42.5 Å². The van der Waals surface area contributed by atoms with Crippen LogP contribution >= 0.6 is 10.9 Å². The smallest absolute Gasteiger partial charge is 0.233 e. The highest BCUT2D eigenvalue weighted by atomic mass is 32.2. The fourth-order valence-corrected chi connectivity index (χ4v) is 3.49. The van der Waals surface area contributed by atoms with Crippen LogP contribution in [0.5, 0.6) is 0 Å². The molecule has 1 atom stereocenters. The van der Waals surface area contributed by atoms with Gasteiger partial charge >= 0.3 is 0 Å². The summed E-state index contributed by atoms with van der Waals surface area (Å²) in [4.78, 5) is 11.5. The van der Waals surface area contributed by atoms with E-state index < -0.39 is 10.9 Å². The van der Waals surface area contributed by atoms with Crippen LogP contribution in [0.1, 0.15) is 10.8 Å². The molecule has 2 N–H and O–H groups in total. The Balaban J connectivity index is 2.32. The van der Waals surface area contributed by atoms with Crippen LogP contribution in [0.4, 0.5) is 0 Å². The molecule has 3 heteroatoms. The molecule has 0 aromatic heterocycles. The first kappa shape index (κ1) is 10.1. The summed E-state index contributed by atoms with van der Waals surface area (Å²) < 4.78 is 0. The van der Waals surface area contributed by atoms with Gasteiger partial charge in [0, 0.05) is 0 Å². The van der Waals surface area contributed by atoms with E-state index in [1.165, 1.54) is 0 Å². The van der Waals surface area contributed by atoms with Gasteiger partial charge in [-0.1, -0.05) is 42.5 Å². The van der Waals surface area contributed by atoms with Crippen LogP contribution in [-0.4, -0.2) is 5.91 Å². The lowest BCUT2D eigenvalue weighted by atomic mass is 10.1. The van der Waals surface area contributed by atoms with Gasteiger partial charge in [-0.25, -0.2) is 0 Å². The molecule has 0 spiro atoms. The Kier molecular flexibility index (Phi) is 2.92. The van der Waals surface area contributed by atoms with E-state index in [-0.39, 0.29) is 11.2 Å². The zero-order valence-electron chi connectivity index (χ0n) is 8.21. The molecule has 78 valence electrons. The normalized spacial score (nSPS) is 18.0. The minimum absolute atomic E-state index is 0.184. The maximum atomic E-state index is 11.5. The SMILES string of the molecule is NC(=O)C(c1ccccc1)[SH]1C=CC=C1. The molecule has 1 aromatic carbocycles. The molecule has 0 saturated heterocycles. The molecule has 2 nitrogen and oxygen atoms in total. The average molecular weight is 219 g/mol. The van der Waals surface area contributed by atoms with Gasteiger partial charge in [-0.05, 0) is 16.4 Å². The number of rotatable bonds is 3. The number of nitrogens with two attached hydrogens (primary N) is 1. The number of hydrogen-bond donors (Lipinski definition) is 2. The van der Waals surface area contributed by atoms with E-state index in [2.05, 4.69) is 10.8 Å². The standard InChI is InChI=1S/C12H13NOS/c13-12(14)11(15-8-4-5-9-15)10-6-2-1-3-7-10/h1-9,11,15H,(H2,13,14). The maximum Gasteiger partial charge on any atom is 0.233 e. The van der Waals surface area contributed by atoms with E-state index in [1.54, 1.807) is 0 Å². The first-order valence-electron chi connectivity index (χ1n) is 4.76. The van der Waals surface area contributed by atoms with Crippen LogP contribution in [0.3, 0.4) is 0 Å². The predicted molar refractivity (Wildman–Crippen MR) is 65.6 cm³/mol. The number of benzene rings is 1. The molecule has 0 bridgehead atoms. The van der Waals surface area contributed by atoms with Gasteiger partial charge in [0.25, 0.3) is 0 Å². The molecule has 0 aliphatic carbocycles. The van der Waals surface area contributed by atoms with Crippen molar-refractivity contribution in [2.24, 2.45) is 5.73 Å². The first-order chi connectivity index (χ1) is 7.29. The van der Waals surface area contributed by atoms with Gasteiger partial charge in [0.1, 0.15) is 0 Å². The zero-order valence-corrected chi connectivity index (χ0v) is 9.10. The third-order valence-electron chi connectivity index (χ3n) is 2.31. The number of thiol groups is 1. The average Bonchev–Trinajstić information content (AvgIpc) is 2.72. The molecular formula is C12H13NOS. The summed E-state index contributed by atoms with van der Waals surface area (Å²) in [6.45, 7) is 0. The lowest BCUT2D eigenvalue weighted by Gasteiger charge is -2.21. The Morgan fingerprint density at radius 2 is 1.73 bits per heavy atom. The fraction of sp³-hybridized carbons (Fsp3) is 0.0833. The van der Waals surface area contributed by atoms with Crippen LogP contribution in [0.25, 0.3) is 0 Å². The summed E-state index contributed by atoms with van der Waals surface area (Å²) in [5.41, 5.74) is 6.46. The van der Waals surface area contributed by atoms with Crippen LogP contribution in [-0.2, 0) is 4.79 Å². The van der Waals surface area contributed by atoms with Crippen molar-refractivity contribution in [3.8, 4) is 0 Å². The molecule has 1 unspecified atom stereocenters. The molecule has 1 heterocycles. The molecule has 0 fully saturated rings. The Morgan fingerprint density at radius 3 is 2.27 bits per heavy atom. The van der Waals surface area contributed by atoms with Gasteiger partial charge in [0.2, 0.25) is 5.91 Å². The molecule has 1 aromatic rings. The van der Waals surface area contributed by atoms with E-state index in [0.717, 1.165) is 5.56 Å². The van der Waals surface area contributed by atoms with Gasteiger partial charge in [-0.3, -0.25) is 4.79 Å². The summed E-state index contributed by atoms with van der Waals surface area (Å²) in [6.07, 6.45) is 3.95. The van der Waals surface area contributed by atoms with Crippen molar-refractivity contribution >= 4 is 16.8 Å². The Morgan fingerprint density at radius 1 is 1.13 bits per heavy atom. The maximum absolute atomic E-state index is 11.5. The van der Waals surface area contributed by atoms with Crippen LogP contribution in [0.2, 0.25) is 0 Å². The topological polar surface area (TPSA) is 43.1 Å². The van der Waals surface area contributed by atoms with Crippen molar-refractivity contribution in [3.05, 3.63) is 58.9 Å². The zero-order chi connectivity index (χ0) is 10.7. The van der Waals surface area contributed by atoms with E-state index in [9.17, 15) is 4.79 Å². The third kappa shape index (κ3) is 2.13. The lowest BCUT2D eigenvalue weighted by molar-refractivity contribution is -0.117. The van der Waals surface area contributed by atoms with Crippen molar-refractivity contribution < 1.29 is 4.79 Å². The first-order valence-corrected chi connectivity index (χ1v) is 6.30. The molecular weight excluding hydrogens is 206 g/mol. The highest BCUT2D eigenvalue weighted by Gasteiger charge is 2.22. The van der Waals surface area contributed by atoms with Crippen LogP contribution < -0.4 is 5.73 Å². The van der Waals surface area contributed by atoms with E-state index in [0.29, 0.717) is 0 Å². The second kappa shape index (κ2) is 4.36. The number of carbonyl (C=O) groups excluding carboxylic acids is 1. The number of primary amides is 1. The summed E-state index contributed by atoms with van der Waals surface area (Å²) in [7, 11) is -0.560. The summed E-state index contributed by atoms with van der Waals surface area (Å²) in [5, 5.41) is 3.95. The molecule has 0 saturated carbocycles. The van der Waals surface area contributed by atoms with Gasteiger partial charge in [-0.15, -0.1) is 0 Å². The number of amides is 1. The van der Waals surface area contributed by atoms with Gasteiger partial charge in [0.05, 0.1) is 5.25 Å². The minimum Gasteiger partial charge on any atom is -0.368 e. The summed E-state index contributed by atoms with van der Waals surface area (Å²) >= 11 is 0. The summed E-state index contributed by atoms with van der Waals surface area (Å²) in [6, 6.07) is 9.72. The van der Waals surface area contributed by atoms with Crippen molar-refractivity contribution in [1.82, 2.24) is 0 Å². The highest BCUT2D eigenvalue weighted by molar-refractivity contribution is 8.23. The number of carbonyl (C=O) groups is 1. The van der Waals surface area contributed by atoms with Crippen molar-refractivity contribution in [1.29, 1.82) is 0 Å². The lowest BCUT2D eigenvalue weighted by Crippen LogP contribution is -2.20. The molecule has 2 rings (SSSR count). The highest BCUT2D eigenvalue weighted by Crippen LogP contribution is 2.47. The Bertz CT molecular complexity index is 399.